The molecule has 32 heavy (non-hydrogen) atoms. The van der Waals surface area contributed by atoms with Crippen LogP contribution in [-0.2, 0) is 37.9 Å². The molecule has 0 spiro atoms. The SMILES string of the molecule is CNS(=O)(=O)c1cn(CC(=O)NC2CCN(Cc3ccccc3)CC2)cc1S(=O)(=O)NC. The van der Waals surface area contributed by atoms with Gasteiger partial charge in [0.05, 0.1) is 0 Å². The molecule has 1 aromatic heterocycles. The molecule has 3 rings (SSSR count). The van der Waals surface area contributed by atoms with Crippen molar-refractivity contribution in [3.8, 4) is 0 Å². The lowest BCUT2D eigenvalue weighted by atomic mass is 10.0. The molecule has 1 fully saturated rings. The number of benzene rings is 1. The number of nitrogens with one attached hydrogen (secondary N) is 3. The Bertz CT molecular complexity index is 1090. The fraction of sp³-hybridized carbons (Fsp3) is 0.450. The van der Waals surface area contributed by atoms with Gasteiger partial charge in [0.15, 0.2) is 0 Å². The van der Waals surface area contributed by atoms with Crippen molar-refractivity contribution in [1.29, 1.82) is 0 Å². The number of piperidine rings is 1. The number of amides is 1. The highest BCUT2D eigenvalue weighted by Crippen LogP contribution is 2.22. The molecule has 0 atom stereocenters. The summed E-state index contributed by atoms with van der Waals surface area (Å²) in [6, 6.07) is 10.2. The van der Waals surface area contributed by atoms with Crippen LogP contribution in [0.5, 0.6) is 0 Å². The molecule has 1 saturated heterocycles. The van der Waals surface area contributed by atoms with E-state index in [1.165, 1.54) is 24.2 Å². The molecule has 12 heteroatoms. The van der Waals surface area contributed by atoms with Gasteiger partial charge in [-0.2, -0.15) is 0 Å². The van der Waals surface area contributed by atoms with E-state index >= 15 is 0 Å². The normalized spacial score (nSPS) is 16.2. The van der Waals surface area contributed by atoms with Crippen molar-refractivity contribution in [3.05, 3.63) is 48.3 Å². The van der Waals surface area contributed by atoms with Crippen LogP contribution in [0, 0.1) is 0 Å². The van der Waals surface area contributed by atoms with E-state index in [1.54, 1.807) is 0 Å². The largest absolute Gasteiger partial charge is 0.352 e. The fourth-order valence-corrected chi connectivity index (χ4v) is 5.98. The molecule has 2 heterocycles. The second-order valence-corrected chi connectivity index (χ2v) is 11.4. The van der Waals surface area contributed by atoms with Crippen LogP contribution in [0.15, 0.2) is 52.5 Å². The van der Waals surface area contributed by atoms with Crippen molar-refractivity contribution in [2.24, 2.45) is 0 Å². The van der Waals surface area contributed by atoms with Gasteiger partial charge in [0, 0.05) is 38.1 Å². The number of likely N-dealkylation sites (tertiary alicyclic amines) is 1. The minimum absolute atomic E-state index is 0.0195. The average Bonchev–Trinajstić information content (AvgIpc) is 3.21. The van der Waals surface area contributed by atoms with Gasteiger partial charge in [-0.3, -0.25) is 9.69 Å². The molecule has 0 aliphatic carbocycles. The molecule has 1 aliphatic heterocycles. The van der Waals surface area contributed by atoms with Gasteiger partial charge in [0.25, 0.3) is 0 Å². The third kappa shape index (κ3) is 5.95. The lowest BCUT2D eigenvalue weighted by Crippen LogP contribution is -2.45. The van der Waals surface area contributed by atoms with Gasteiger partial charge in [-0.05, 0) is 32.5 Å². The highest BCUT2D eigenvalue weighted by molar-refractivity contribution is 7.92. The second kappa shape index (κ2) is 10.1. The first-order valence-electron chi connectivity index (χ1n) is 10.3. The summed E-state index contributed by atoms with van der Waals surface area (Å²) in [4.78, 5) is 14.1. The summed E-state index contributed by atoms with van der Waals surface area (Å²) in [5.41, 5.74) is 1.25. The third-order valence-electron chi connectivity index (χ3n) is 5.45. The van der Waals surface area contributed by atoms with Gasteiger partial charge in [-0.25, -0.2) is 26.3 Å². The molecule has 176 valence electrons. The van der Waals surface area contributed by atoms with E-state index < -0.39 is 29.8 Å². The molecule has 0 saturated carbocycles. The molecular weight excluding hydrogens is 454 g/mol. The first-order valence-corrected chi connectivity index (χ1v) is 13.2. The highest BCUT2D eigenvalue weighted by Gasteiger charge is 2.28. The van der Waals surface area contributed by atoms with Crippen molar-refractivity contribution in [2.45, 2.75) is 41.8 Å². The van der Waals surface area contributed by atoms with Gasteiger partial charge >= 0.3 is 0 Å². The van der Waals surface area contributed by atoms with Crippen LogP contribution in [0.25, 0.3) is 0 Å². The quantitative estimate of drug-likeness (QED) is 0.463. The first-order chi connectivity index (χ1) is 15.1. The molecule has 2 aromatic rings. The molecular formula is C20H29N5O5S2. The van der Waals surface area contributed by atoms with Crippen LogP contribution in [-0.4, -0.2) is 65.4 Å². The van der Waals surface area contributed by atoms with Crippen molar-refractivity contribution in [3.63, 3.8) is 0 Å². The summed E-state index contributed by atoms with van der Waals surface area (Å²) in [5.74, 6) is -0.302. The van der Waals surface area contributed by atoms with Crippen LogP contribution in [0.4, 0.5) is 0 Å². The number of hydrogen-bond donors (Lipinski definition) is 3. The van der Waals surface area contributed by atoms with Crippen LogP contribution in [0.1, 0.15) is 18.4 Å². The van der Waals surface area contributed by atoms with E-state index in [-0.39, 0.29) is 18.5 Å². The Labute approximate surface area is 189 Å². The van der Waals surface area contributed by atoms with Crippen molar-refractivity contribution >= 4 is 26.0 Å². The van der Waals surface area contributed by atoms with Crippen LogP contribution in [0.2, 0.25) is 0 Å². The maximum atomic E-state index is 12.5. The van der Waals surface area contributed by atoms with Crippen molar-refractivity contribution < 1.29 is 21.6 Å². The molecule has 0 radical (unpaired) electrons. The molecule has 1 amide bonds. The van der Waals surface area contributed by atoms with Gasteiger partial charge in [-0.1, -0.05) is 30.3 Å². The standard InChI is InChI=1S/C20H29N5O5S2/c1-21-31(27,28)18-13-25(14-19(18)32(29,30)22-2)15-20(26)23-17-8-10-24(11-9-17)12-16-6-4-3-5-7-16/h3-7,13-14,17,21-22H,8-12,15H2,1-2H3,(H,23,26). The summed E-state index contributed by atoms with van der Waals surface area (Å²) in [6.45, 7) is 2.41. The number of carbonyl (C=O) groups is 1. The number of carbonyl (C=O) groups excluding carboxylic acids is 1. The number of nitrogens with zero attached hydrogens (tertiary/aromatic N) is 2. The zero-order chi connectivity index (χ0) is 23.4. The molecule has 3 N–H and O–H groups in total. The van der Waals surface area contributed by atoms with E-state index in [4.69, 9.17) is 0 Å². The Balaban J connectivity index is 1.60. The Morgan fingerprint density at radius 2 is 1.47 bits per heavy atom. The molecule has 0 unspecified atom stereocenters. The summed E-state index contributed by atoms with van der Waals surface area (Å²) in [6.07, 6.45) is 3.92. The van der Waals surface area contributed by atoms with Gasteiger partial charge in [0.1, 0.15) is 16.3 Å². The smallest absolute Gasteiger partial charge is 0.243 e. The second-order valence-electron chi connectivity index (χ2n) is 7.68. The van der Waals surface area contributed by atoms with Gasteiger partial charge in [-0.15, -0.1) is 0 Å². The van der Waals surface area contributed by atoms with E-state index in [0.29, 0.717) is 0 Å². The van der Waals surface area contributed by atoms with Crippen molar-refractivity contribution in [1.82, 2.24) is 24.2 Å². The summed E-state index contributed by atoms with van der Waals surface area (Å²) in [5, 5.41) is 2.97. The number of rotatable bonds is 9. The minimum Gasteiger partial charge on any atom is -0.352 e. The predicted octanol–water partition coefficient (Wildman–Crippen LogP) is 0.0851. The number of aromatic nitrogens is 1. The summed E-state index contributed by atoms with van der Waals surface area (Å²) < 4.78 is 54.5. The summed E-state index contributed by atoms with van der Waals surface area (Å²) in [7, 11) is -5.66. The van der Waals surface area contributed by atoms with E-state index in [0.717, 1.165) is 44.9 Å². The van der Waals surface area contributed by atoms with Crippen LogP contribution >= 0.6 is 0 Å². The lowest BCUT2D eigenvalue weighted by molar-refractivity contribution is -0.122. The van der Waals surface area contributed by atoms with Crippen LogP contribution in [0.3, 0.4) is 0 Å². The molecule has 1 aliphatic rings. The highest BCUT2D eigenvalue weighted by atomic mass is 32.2. The number of sulfonamides is 2. The zero-order valence-corrected chi connectivity index (χ0v) is 19.7. The van der Waals surface area contributed by atoms with Gasteiger partial charge in [0.2, 0.25) is 26.0 Å². The maximum Gasteiger partial charge on any atom is 0.243 e. The fourth-order valence-electron chi connectivity index (χ4n) is 3.70. The van der Waals surface area contributed by atoms with Crippen LogP contribution < -0.4 is 14.8 Å². The predicted molar refractivity (Wildman–Crippen MR) is 120 cm³/mol. The maximum absolute atomic E-state index is 12.5. The van der Waals surface area contributed by atoms with E-state index in [9.17, 15) is 21.6 Å². The Kier molecular flexibility index (Phi) is 7.72. The van der Waals surface area contributed by atoms with E-state index in [1.807, 2.05) is 18.2 Å². The average molecular weight is 484 g/mol. The lowest BCUT2D eigenvalue weighted by Gasteiger charge is -2.32. The molecule has 1 aromatic carbocycles. The molecule has 10 nitrogen and oxygen atoms in total. The Hall–Kier alpha value is -2.25. The van der Waals surface area contributed by atoms with E-state index in [2.05, 4.69) is 31.8 Å². The summed E-state index contributed by atoms with van der Waals surface area (Å²) >= 11 is 0. The van der Waals surface area contributed by atoms with Crippen molar-refractivity contribution in [2.75, 3.05) is 27.2 Å². The Morgan fingerprint density at radius 1 is 0.938 bits per heavy atom. The Morgan fingerprint density at radius 3 is 1.97 bits per heavy atom. The molecule has 0 bridgehead atoms. The number of hydrogen-bond acceptors (Lipinski definition) is 6. The third-order valence-corrected chi connectivity index (χ3v) is 8.47. The first kappa shape index (κ1) is 24.4. The zero-order valence-electron chi connectivity index (χ0n) is 18.1. The monoisotopic (exact) mass is 483 g/mol. The topological polar surface area (TPSA) is 130 Å². The van der Waals surface area contributed by atoms with Gasteiger partial charge < -0.3 is 9.88 Å². The minimum atomic E-state index is -4.02.